The van der Waals surface area contributed by atoms with Gasteiger partial charge in [0.05, 0.1) is 0 Å². The van der Waals surface area contributed by atoms with Crippen molar-refractivity contribution in [2.45, 2.75) is 6.42 Å². The number of hydrogen-bond donors (Lipinski definition) is 1. The first kappa shape index (κ1) is 7.10. The summed E-state index contributed by atoms with van der Waals surface area (Å²) in [6.45, 7) is 0. The van der Waals surface area contributed by atoms with Crippen LogP contribution in [0.2, 0.25) is 0 Å². The number of pyridine rings is 1. The van der Waals surface area contributed by atoms with E-state index in [-0.39, 0.29) is 5.56 Å². The van der Waals surface area contributed by atoms with Gasteiger partial charge in [-0.15, -0.1) is 0 Å². The standard InChI is InChI=1S/C10H9NO/c12-10-9-5-3-1-2-4-8(9)6-7-11-10/h1-3,5-7H,4H2,(H,11,12). The first-order valence-electron chi connectivity index (χ1n) is 3.92. The summed E-state index contributed by atoms with van der Waals surface area (Å²) >= 11 is 0. The molecule has 0 fully saturated rings. The molecule has 0 atom stereocenters. The summed E-state index contributed by atoms with van der Waals surface area (Å²) in [6.07, 6.45) is 10.3. The van der Waals surface area contributed by atoms with Crippen molar-refractivity contribution in [3.05, 3.63) is 52.0 Å². The molecule has 0 bridgehead atoms. The Hall–Kier alpha value is -1.57. The molecule has 2 nitrogen and oxygen atoms in total. The second-order valence-electron chi connectivity index (χ2n) is 2.74. The van der Waals surface area contributed by atoms with Crippen LogP contribution in [0.5, 0.6) is 0 Å². The molecule has 0 amide bonds. The zero-order valence-corrected chi connectivity index (χ0v) is 6.58. The number of aromatic nitrogens is 1. The Morgan fingerprint density at radius 2 is 2.25 bits per heavy atom. The van der Waals surface area contributed by atoms with Gasteiger partial charge in [-0.2, -0.15) is 0 Å². The molecule has 60 valence electrons. The van der Waals surface area contributed by atoms with Crippen LogP contribution in [-0.4, -0.2) is 4.98 Å². The smallest absolute Gasteiger partial charge is 0.255 e. The third-order valence-electron chi connectivity index (χ3n) is 1.94. The van der Waals surface area contributed by atoms with E-state index in [0.29, 0.717) is 0 Å². The quantitative estimate of drug-likeness (QED) is 0.611. The molecule has 0 aliphatic heterocycles. The molecule has 0 spiro atoms. The maximum absolute atomic E-state index is 11.3. The summed E-state index contributed by atoms with van der Waals surface area (Å²) in [5.41, 5.74) is 1.86. The minimum Gasteiger partial charge on any atom is -0.329 e. The zero-order chi connectivity index (χ0) is 8.39. The van der Waals surface area contributed by atoms with Gasteiger partial charge in [-0.1, -0.05) is 18.2 Å². The predicted molar refractivity (Wildman–Crippen MR) is 48.9 cm³/mol. The average molecular weight is 159 g/mol. The summed E-state index contributed by atoms with van der Waals surface area (Å²) in [5.74, 6) is 0. The van der Waals surface area contributed by atoms with Gasteiger partial charge < -0.3 is 4.98 Å². The van der Waals surface area contributed by atoms with Crippen LogP contribution in [0.25, 0.3) is 6.08 Å². The molecule has 1 aromatic rings. The Balaban J connectivity index is 2.67. The van der Waals surface area contributed by atoms with Crippen molar-refractivity contribution in [2.75, 3.05) is 0 Å². The van der Waals surface area contributed by atoms with E-state index >= 15 is 0 Å². The van der Waals surface area contributed by atoms with E-state index in [1.54, 1.807) is 6.20 Å². The van der Waals surface area contributed by atoms with E-state index in [1.165, 1.54) is 0 Å². The summed E-state index contributed by atoms with van der Waals surface area (Å²) in [6, 6.07) is 1.94. The molecule has 1 heterocycles. The highest BCUT2D eigenvalue weighted by Crippen LogP contribution is 2.09. The fourth-order valence-corrected chi connectivity index (χ4v) is 1.32. The summed E-state index contributed by atoms with van der Waals surface area (Å²) in [7, 11) is 0. The highest BCUT2D eigenvalue weighted by molar-refractivity contribution is 5.55. The summed E-state index contributed by atoms with van der Waals surface area (Å²) < 4.78 is 0. The van der Waals surface area contributed by atoms with Crippen LogP contribution in [0, 0.1) is 0 Å². The first-order valence-corrected chi connectivity index (χ1v) is 3.92. The molecule has 1 aliphatic rings. The number of aromatic amines is 1. The van der Waals surface area contributed by atoms with Crippen molar-refractivity contribution in [2.24, 2.45) is 0 Å². The molecule has 0 saturated heterocycles. The molecular formula is C10H9NO. The lowest BCUT2D eigenvalue weighted by Crippen LogP contribution is -2.10. The van der Waals surface area contributed by atoms with Gasteiger partial charge in [-0.3, -0.25) is 4.79 Å². The topological polar surface area (TPSA) is 32.9 Å². The molecule has 0 unspecified atom stereocenters. The Bertz CT molecular complexity index is 399. The van der Waals surface area contributed by atoms with Gasteiger partial charge in [0.1, 0.15) is 0 Å². The largest absolute Gasteiger partial charge is 0.329 e. The second kappa shape index (κ2) is 2.81. The molecule has 0 saturated carbocycles. The third-order valence-corrected chi connectivity index (χ3v) is 1.94. The van der Waals surface area contributed by atoms with E-state index in [4.69, 9.17) is 0 Å². The maximum atomic E-state index is 11.3. The number of fused-ring (bicyclic) bond motifs is 1. The first-order chi connectivity index (χ1) is 5.88. The van der Waals surface area contributed by atoms with Gasteiger partial charge in [-0.25, -0.2) is 0 Å². The molecule has 12 heavy (non-hydrogen) atoms. The Morgan fingerprint density at radius 3 is 3.17 bits per heavy atom. The van der Waals surface area contributed by atoms with Crippen LogP contribution >= 0.6 is 0 Å². The lowest BCUT2D eigenvalue weighted by Gasteiger charge is -1.98. The van der Waals surface area contributed by atoms with Crippen LogP contribution in [0.4, 0.5) is 0 Å². The monoisotopic (exact) mass is 159 g/mol. The van der Waals surface area contributed by atoms with Gasteiger partial charge in [0.15, 0.2) is 0 Å². The van der Waals surface area contributed by atoms with E-state index in [1.807, 2.05) is 30.4 Å². The second-order valence-corrected chi connectivity index (χ2v) is 2.74. The van der Waals surface area contributed by atoms with Crippen molar-refractivity contribution >= 4 is 6.08 Å². The minimum absolute atomic E-state index is 0.00699. The van der Waals surface area contributed by atoms with Gasteiger partial charge >= 0.3 is 0 Å². The van der Waals surface area contributed by atoms with E-state index in [9.17, 15) is 4.79 Å². The number of hydrogen-bond acceptors (Lipinski definition) is 1. The molecule has 1 N–H and O–H groups in total. The highest BCUT2D eigenvalue weighted by Gasteiger charge is 2.02. The molecule has 2 heteroatoms. The Kier molecular flexibility index (Phi) is 1.67. The van der Waals surface area contributed by atoms with Crippen molar-refractivity contribution in [3.8, 4) is 0 Å². The Morgan fingerprint density at radius 1 is 1.33 bits per heavy atom. The fourth-order valence-electron chi connectivity index (χ4n) is 1.32. The van der Waals surface area contributed by atoms with Crippen molar-refractivity contribution in [3.63, 3.8) is 0 Å². The van der Waals surface area contributed by atoms with Crippen LogP contribution < -0.4 is 5.56 Å². The Labute approximate surface area is 70.3 Å². The number of allylic oxidation sites excluding steroid dienone is 3. The van der Waals surface area contributed by atoms with Crippen LogP contribution in [0.1, 0.15) is 11.1 Å². The van der Waals surface area contributed by atoms with Crippen molar-refractivity contribution < 1.29 is 0 Å². The average Bonchev–Trinajstić information content (AvgIpc) is 2.30. The third kappa shape index (κ3) is 1.11. The van der Waals surface area contributed by atoms with Crippen LogP contribution in [0.15, 0.2) is 35.3 Å². The predicted octanol–water partition coefficient (Wildman–Crippen LogP) is 1.50. The minimum atomic E-state index is -0.00699. The number of rotatable bonds is 0. The molecule has 1 aromatic heterocycles. The fraction of sp³-hybridized carbons (Fsp3) is 0.100. The summed E-state index contributed by atoms with van der Waals surface area (Å²) in [5, 5.41) is 0. The molecule has 0 radical (unpaired) electrons. The van der Waals surface area contributed by atoms with Gasteiger partial charge in [0.2, 0.25) is 0 Å². The van der Waals surface area contributed by atoms with Gasteiger partial charge in [0.25, 0.3) is 5.56 Å². The molecule has 0 aromatic carbocycles. The molecule has 1 aliphatic carbocycles. The van der Waals surface area contributed by atoms with Gasteiger partial charge in [0, 0.05) is 11.8 Å². The van der Waals surface area contributed by atoms with Crippen molar-refractivity contribution in [1.82, 2.24) is 4.98 Å². The lowest BCUT2D eigenvalue weighted by atomic mass is 10.1. The summed E-state index contributed by atoms with van der Waals surface area (Å²) in [4.78, 5) is 13.9. The normalized spacial score (nSPS) is 14.0. The van der Waals surface area contributed by atoms with Crippen molar-refractivity contribution in [1.29, 1.82) is 0 Å². The van der Waals surface area contributed by atoms with E-state index in [2.05, 4.69) is 4.98 Å². The number of nitrogens with one attached hydrogen (secondary N) is 1. The van der Waals surface area contributed by atoms with Gasteiger partial charge in [-0.05, 0) is 24.1 Å². The van der Waals surface area contributed by atoms with E-state index < -0.39 is 0 Å². The molecule has 2 rings (SSSR count). The maximum Gasteiger partial charge on any atom is 0.255 e. The van der Waals surface area contributed by atoms with Crippen LogP contribution in [0.3, 0.4) is 0 Å². The SMILES string of the molecule is O=c1[nH]ccc2c1C=CC=CC2. The van der Waals surface area contributed by atoms with E-state index in [0.717, 1.165) is 17.5 Å². The van der Waals surface area contributed by atoms with Crippen LogP contribution in [-0.2, 0) is 6.42 Å². The molecular weight excluding hydrogens is 150 g/mol. The zero-order valence-electron chi connectivity index (χ0n) is 6.58. The number of H-pyrrole nitrogens is 1. The lowest BCUT2D eigenvalue weighted by molar-refractivity contribution is 1.15. The highest BCUT2D eigenvalue weighted by atomic mass is 16.1.